The van der Waals surface area contributed by atoms with Crippen molar-refractivity contribution < 1.29 is 14.5 Å². The number of amides is 2. The third-order valence-corrected chi connectivity index (χ3v) is 4.92. The van der Waals surface area contributed by atoms with E-state index in [1.54, 1.807) is 0 Å². The highest BCUT2D eigenvalue weighted by molar-refractivity contribution is 5.94. The number of nitrogens with one attached hydrogen (secondary N) is 2. The molecule has 1 heterocycles. The van der Waals surface area contributed by atoms with E-state index in [1.807, 2.05) is 68.1 Å². The summed E-state index contributed by atoms with van der Waals surface area (Å²) >= 11 is 0. The summed E-state index contributed by atoms with van der Waals surface area (Å²) < 4.78 is 0. The van der Waals surface area contributed by atoms with Gasteiger partial charge in [-0.1, -0.05) is 42.5 Å². The molecule has 2 aromatic rings. The fraction of sp³-hybridized carbons (Fsp3) is 0.391. The standard InChI is InChI=1S/C23H29N3O2/c1-23(2,3)24-21(27)17-25-13-15-26(16-14-25)22(28)20-11-9-19(10-12-20)18-7-5-4-6-8-18/h4-12H,13-17H2,1-3H3,(H,24,27)/p+1. The average Bonchev–Trinajstić information content (AvgIpc) is 2.67. The molecule has 3 rings (SSSR count). The van der Waals surface area contributed by atoms with Crippen molar-refractivity contribution >= 4 is 11.8 Å². The third-order valence-electron chi connectivity index (χ3n) is 4.92. The van der Waals surface area contributed by atoms with Crippen LogP contribution in [0.5, 0.6) is 0 Å². The Morgan fingerprint density at radius 3 is 2.07 bits per heavy atom. The molecule has 0 saturated carbocycles. The molecule has 1 aliphatic heterocycles. The predicted molar refractivity (Wildman–Crippen MR) is 111 cm³/mol. The maximum atomic E-state index is 12.8. The van der Waals surface area contributed by atoms with Crippen molar-refractivity contribution in [1.82, 2.24) is 10.2 Å². The number of rotatable bonds is 4. The zero-order valence-electron chi connectivity index (χ0n) is 17.0. The molecule has 5 heteroatoms. The monoisotopic (exact) mass is 380 g/mol. The van der Waals surface area contributed by atoms with Crippen LogP contribution in [0.1, 0.15) is 31.1 Å². The van der Waals surface area contributed by atoms with Crippen LogP contribution in [0, 0.1) is 0 Å². The van der Waals surface area contributed by atoms with Gasteiger partial charge in [0.25, 0.3) is 11.8 Å². The van der Waals surface area contributed by atoms with E-state index in [4.69, 9.17) is 0 Å². The topological polar surface area (TPSA) is 53.9 Å². The summed E-state index contributed by atoms with van der Waals surface area (Å²) in [6.45, 7) is 9.37. The molecule has 0 bridgehead atoms. The zero-order valence-corrected chi connectivity index (χ0v) is 17.0. The lowest BCUT2D eigenvalue weighted by Crippen LogP contribution is -3.16. The molecule has 2 aromatic carbocycles. The van der Waals surface area contributed by atoms with E-state index in [0.29, 0.717) is 25.2 Å². The molecular formula is C23H30N3O2+. The van der Waals surface area contributed by atoms with Crippen molar-refractivity contribution in [3.63, 3.8) is 0 Å². The van der Waals surface area contributed by atoms with Crippen LogP contribution in [0.2, 0.25) is 0 Å². The number of carbonyl (C=O) groups excluding carboxylic acids is 2. The molecule has 148 valence electrons. The number of nitrogens with zero attached hydrogens (tertiary/aromatic N) is 1. The van der Waals surface area contributed by atoms with Crippen LogP contribution < -0.4 is 10.2 Å². The first-order valence-corrected chi connectivity index (χ1v) is 9.91. The van der Waals surface area contributed by atoms with E-state index in [0.717, 1.165) is 24.2 Å². The quantitative estimate of drug-likeness (QED) is 0.847. The number of piperazine rings is 1. The summed E-state index contributed by atoms with van der Waals surface area (Å²) in [5.74, 6) is 0.136. The Morgan fingerprint density at radius 2 is 1.50 bits per heavy atom. The molecule has 5 nitrogen and oxygen atoms in total. The van der Waals surface area contributed by atoms with Crippen molar-refractivity contribution in [1.29, 1.82) is 0 Å². The Kier molecular flexibility index (Phi) is 6.15. The van der Waals surface area contributed by atoms with Gasteiger partial charge in [-0.2, -0.15) is 0 Å². The Balaban J connectivity index is 1.53. The van der Waals surface area contributed by atoms with Gasteiger partial charge in [-0.25, -0.2) is 0 Å². The van der Waals surface area contributed by atoms with E-state index in [-0.39, 0.29) is 17.4 Å². The minimum atomic E-state index is -0.208. The second kappa shape index (κ2) is 8.57. The van der Waals surface area contributed by atoms with Crippen LogP contribution in [0.3, 0.4) is 0 Å². The summed E-state index contributed by atoms with van der Waals surface area (Å²) in [4.78, 5) is 28.0. The second-order valence-corrected chi connectivity index (χ2v) is 8.46. The van der Waals surface area contributed by atoms with Crippen molar-refractivity contribution in [2.24, 2.45) is 0 Å². The second-order valence-electron chi connectivity index (χ2n) is 8.46. The smallest absolute Gasteiger partial charge is 0.275 e. The molecule has 0 spiro atoms. The maximum Gasteiger partial charge on any atom is 0.275 e. The highest BCUT2D eigenvalue weighted by Crippen LogP contribution is 2.19. The largest absolute Gasteiger partial charge is 0.347 e. The zero-order chi connectivity index (χ0) is 20.1. The Morgan fingerprint density at radius 1 is 0.929 bits per heavy atom. The van der Waals surface area contributed by atoms with Gasteiger partial charge < -0.3 is 15.1 Å². The van der Waals surface area contributed by atoms with Crippen LogP contribution in [-0.2, 0) is 4.79 Å². The molecular weight excluding hydrogens is 350 g/mol. The van der Waals surface area contributed by atoms with Gasteiger partial charge in [0.15, 0.2) is 6.54 Å². The average molecular weight is 381 g/mol. The van der Waals surface area contributed by atoms with Gasteiger partial charge in [-0.15, -0.1) is 0 Å². The van der Waals surface area contributed by atoms with Crippen LogP contribution in [-0.4, -0.2) is 55.0 Å². The summed E-state index contributed by atoms with van der Waals surface area (Å²) in [5.41, 5.74) is 2.76. The third kappa shape index (κ3) is 5.42. The minimum absolute atomic E-state index is 0.0674. The summed E-state index contributed by atoms with van der Waals surface area (Å²) in [5, 5.41) is 3.00. The predicted octanol–water partition coefficient (Wildman–Crippen LogP) is 1.61. The van der Waals surface area contributed by atoms with Crippen molar-refractivity contribution in [3.05, 3.63) is 60.2 Å². The maximum absolute atomic E-state index is 12.8. The van der Waals surface area contributed by atoms with Crippen LogP contribution in [0.15, 0.2) is 54.6 Å². The summed E-state index contributed by atoms with van der Waals surface area (Å²) in [6.07, 6.45) is 0. The molecule has 2 amide bonds. The van der Waals surface area contributed by atoms with Gasteiger partial charge in [0, 0.05) is 11.1 Å². The van der Waals surface area contributed by atoms with E-state index >= 15 is 0 Å². The summed E-state index contributed by atoms with van der Waals surface area (Å²) in [6, 6.07) is 18.0. The number of quaternary nitrogens is 1. The lowest BCUT2D eigenvalue weighted by atomic mass is 10.0. The molecule has 1 aliphatic rings. The highest BCUT2D eigenvalue weighted by atomic mass is 16.2. The molecule has 0 unspecified atom stereocenters. The number of benzene rings is 2. The molecule has 0 radical (unpaired) electrons. The number of hydrogen-bond acceptors (Lipinski definition) is 2. The van der Waals surface area contributed by atoms with Gasteiger partial charge in [0.2, 0.25) is 0 Å². The molecule has 28 heavy (non-hydrogen) atoms. The fourth-order valence-electron chi connectivity index (χ4n) is 3.51. The Bertz CT molecular complexity index is 802. The Labute approximate surface area is 167 Å². The molecule has 0 aliphatic carbocycles. The first-order chi connectivity index (χ1) is 13.3. The van der Waals surface area contributed by atoms with E-state index in [2.05, 4.69) is 17.4 Å². The molecule has 1 fully saturated rings. The van der Waals surface area contributed by atoms with E-state index in [9.17, 15) is 9.59 Å². The van der Waals surface area contributed by atoms with Crippen LogP contribution >= 0.6 is 0 Å². The van der Waals surface area contributed by atoms with Crippen molar-refractivity contribution in [3.8, 4) is 11.1 Å². The molecule has 0 atom stereocenters. The van der Waals surface area contributed by atoms with Crippen molar-refractivity contribution in [2.75, 3.05) is 32.7 Å². The number of hydrogen-bond donors (Lipinski definition) is 2. The van der Waals surface area contributed by atoms with E-state index < -0.39 is 0 Å². The number of carbonyl (C=O) groups is 2. The molecule has 0 aromatic heterocycles. The lowest BCUT2D eigenvalue weighted by Gasteiger charge is -2.32. The minimum Gasteiger partial charge on any atom is -0.347 e. The van der Waals surface area contributed by atoms with Gasteiger partial charge >= 0.3 is 0 Å². The normalized spacial score (nSPS) is 15.3. The highest BCUT2D eigenvalue weighted by Gasteiger charge is 2.26. The van der Waals surface area contributed by atoms with Gasteiger partial charge in [-0.3, -0.25) is 9.59 Å². The van der Waals surface area contributed by atoms with Gasteiger partial charge in [-0.05, 0) is 44.0 Å². The van der Waals surface area contributed by atoms with Gasteiger partial charge in [0.05, 0.1) is 26.2 Å². The first kappa shape index (κ1) is 20.1. The first-order valence-electron chi connectivity index (χ1n) is 9.91. The van der Waals surface area contributed by atoms with Crippen LogP contribution in [0.25, 0.3) is 11.1 Å². The molecule has 2 N–H and O–H groups in total. The molecule has 1 saturated heterocycles. The van der Waals surface area contributed by atoms with Crippen LogP contribution in [0.4, 0.5) is 0 Å². The SMILES string of the molecule is CC(C)(C)NC(=O)C[NH+]1CCN(C(=O)c2ccc(-c3ccccc3)cc2)CC1. The lowest BCUT2D eigenvalue weighted by molar-refractivity contribution is -0.896. The fourth-order valence-corrected chi connectivity index (χ4v) is 3.51. The van der Waals surface area contributed by atoms with Gasteiger partial charge in [0.1, 0.15) is 0 Å². The summed E-state index contributed by atoms with van der Waals surface area (Å²) in [7, 11) is 0. The Hall–Kier alpha value is -2.66. The van der Waals surface area contributed by atoms with E-state index in [1.165, 1.54) is 4.90 Å². The van der Waals surface area contributed by atoms with Crippen molar-refractivity contribution in [2.45, 2.75) is 26.3 Å².